The molecule has 0 rings (SSSR count). The van der Waals surface area contributed by atoms with Crippen molar-refractivity contribution >= 4 is 23.7 Å². The Bertz CT molecular complexity index is 465. The summed E-state index contributed by atoms with van der Waals surface area (Å²) in [4.78, 5) is 48.1. The number of amides is 3. The second-order valence-electron chi connectivity index (χ2n) is 6.91. The summed E-state index contributed by atoms with van der Waals surface area (Å²) in [6.45, 7) is 6.30. The molecular formula is C16H30N4O5. The fourth-order valence-corrected chi connectivity index (χ4v) is 2.26. The molecule has 9 nitrogen and oxygen atoms in total. The molecule has 0 aliphatic rings. The second-order valence-corrected chi connectivity index (χ2v) is 6.91. The van der Waals surface area contributed by atoms with Gasteiger partial charge in [0.2, 0.25) is 17.7 Å². The lowest BCUT2D eigenvalue weighted by Crippen LogP contribution is -2.55. The van der Waals surface area contributed by atoms with E-state index in [-0.39, 0.29) is 11.8 Å². The number of carboxylic acids is 1. The van der Waals surface area contributed by atoms with Crippen molar-refractivity contribution in [3.8, 4) is 0 Å². The minimum atomic E-state index is -1.23. The average Bonchev–Trinajstić information content (AvgIpc) is 2.47. The fourth-order valence-electron chi connectivity index (χ4n) is 2.26. The maximum Gasteiger partial charge on any atom is 0.322 e. The average molecular weight is 358 g/mol. The maximum absolute atomic E-state index is 12.5. The van der Waals surface area contributed by atoms with E-state index in [9.17, 15) is 19.2 Å². The molecule has 6 N–H and O–H groups in total. The van der Waals surface area contributed by atoms with Crippen molar-refractivity contribution in [1.82, 2.24) is 10.2 Å². The Labute approximate surface area is 148 Å². The van der Waals surface area contributed by atoms with Crippen LogP contribution in [0.25, 0.3) is 0 Å². The van der Waals surface area contributed by atoms with E-state index in [0.717, 1.165) is 4.90 Å². The lowest BCUT2D eigenvalue weighted by molar-refractivity contribution is -0.150. The first kappa shape index (κ1) is 23.0. The molecule has 144 valence electrons. The number of imide groups is 1. The Morgan fingerprint density at radius 1 is 0.920 bits per heavy atom. The number of nitrogens with two attached hydrogens (primary N) is 2. The first-order chi connectivity index (χ1) is 11.5. The van der Waals surface area contributed by atoms with Crippen molar-refractivity contribution in [2.45, 2.75) is 52.6 Å². The molecule has 0 spiro atoms. The van der Waals surface area contributed by atoms with E-state index >= 15 is 0 Å². The third-order valence-corrected chi connectivity index (χ3v) is 3.36. The zero-order chi connectivity index (χ0) is 19.7. The minimum Gasteiger partial charge on any atom is -0.480 e. The van der Waals surface area contributed by atoms with E-state index in [2.05, 4.69) is 5.32 Å². The monoisotopic (exact) mass is 358 g/mol. The van der Waals surface area contributed by atoms with Gasteiger partial charge in [0.05, 0.1) is 12.1 Å². The lowest BCUT2D eigenvalue weighted by atomic mass is 10.0. The predicted octanol–water partition coefficient (Wildman–Crippen LogP) is -0.711. The molecule has 0 aromatic heterocycles. The number of rotatable bonds is 10. The molecule has 0 aliphatic carbocycles. The van der Waals surface area contributed by atoms with Crippen molar-refractivity contribution in [2.75, 3.05) is 13.1 Å². The quantitative estimate of drug-likeness (QED) is 0.402. The molecule has 0 heterocycles. The van der Waals surface area contributed by atoms with Crippen LogP contribution in [0, 0.1) is 11.8 Å². The smallest absolute Gasteiger partial charge is 0.322 e. The summed E-state index contributed by atoms with van der Waals surface area (Å²) in [5.74, 6) is -3.13. The summed E-state index contributed by atoms with van der Waals surface area (Å²) in [5.41, 5.74) is 11.7. The molecule has 25 heavy (non-hydrogen) atoms. The van der Waals surface area contributed by atoms with Gasteiger partial charge in [0.25, 0.3) is 0 Å². The molecule has 0 aliphatic heterocycles. The highest BCUT2D eigenvalue weighted by Crippen LogP contribution is 2.10. The molecule has 0 radical (unpaired) electrons. The highest BCUT2D eigenvalue weighted by molar-refractivity contribution is 6.02. The van der Waals surface area contributed by atoms with Crippen molar-refractivity contribution in [3.63, 3.8) is 0 Å². The summed E-state index contributed by atoms with van der Waals surface area (Å²) in [6, 6.07) is -1.88. The minimum absolute atomic E-state index is 0.126. The SMILES string of the molecule is CC(C)C[C@H](N)C(=O)N(CC(=O)NCC(=O)O)C(=O)[C@@H](N)CC(C)C. The highest BCUT2D eigenvalue weighted by atomic mass is 16.4. The number of nitrogens with one attached hydrogen (secondary N) is 1. The van der Waals surface area contributed by atoms with Crippen molar-refractivity contribution < 1.29 is 24.3 Å². The zero-order valence-corrected chi connectivity index (χ0v) is 15.3. The van der Waals surface area contributed by atoms with Crippen LogP contribution in [0.5, 0.6) is 0 Å². The lowest BCUT2D eigenvalue weighted by Gasteiger charge is -2.27. The number of nitrogens with zero attached hydrogens (tertiary/aromatic N) is 1. The third-order valence-electron chi connectivity index (χ3n) is 3.36. The fraction of sp³-hybridized carbons (Fsp3) is 0.750. The molecule has 0 saturated heterocycles. The van der Waals surface area contributed by atoms with Crippen LogP contribution in [0.15, 0.2) is 0 Å². The number of hydrogen-bond donors (Lipinski definition) is 4. The Morgan fingerprint density at radius 3 is 1.64 bits per heavy atom. The van der Waals surface area contributed by atoms with Crippen LogP contribution in [-0.2, 0) is 19.2 Å². The molecule has 0 aromatic rings. The topological polar surface area (TPSA) is 156 Å². The van der Waals surface area contributed by atoms with Gasteiger partial charge < -0.3 is 21.9 Å². The predicted molar refractivity (Wildman–Crippen MR) is 92.2 cm³/mol. The van der Waals surface area contributed by atoms with Gasteiger partial charge in [-0.1, -0.05) is 27.7 Å². The van der Waals surface area contributed by atoms with Crippen LogP contribution in [0.4, 0.5) is 0 Å². The van der Waals surface area contributed by atoms with Gasteiger partial charge in [0.15, 0.2) is 0 Å². The molecule has 3 amide bonds. The summed E-state index contributed by atoms with van der Waals surface area (Å²) in [6.07, 6.45) is 0.692. The van der Waals surface area contributed by atoms with E-state index in [1.165, 1.54) is 0 Å². The van der Waals surface area contributed by atoms with Gasteiger partial charge >= 0.3 is 5.97 Å². The third kappa shape index (κ3) is 9.16. The molecule has 0 unspecified atom stereocenters. The summed E-state index contributed by atoms with van der Waals surface area (Å²) >= 11 is 0. The second kappa shape index (κ2) is 10.8. The van der Waals surface area contributed by atoms with E-state index in [1.807, 2.05) is 27.7 Å². The molecular weight excluding hydrogens is 328 g/mol. The summed E-state index contributed by atoms with van der Waals surface area (Å²) in [7, 11) is 0. The van der Waals surface area contributed by atoms with Crippen molar-refractivity contribution in [1.29, 1.82) is 0 Å². The van der Waals surface area contributed by atoms with Gasteiger partial charge in [-0.3, -0.25) is 24.1 Å². The van der Waals surface area contributed by atoms with Crippen LogP contribution < -0.4 is 16.8 Å². The maximum atomic E-state index is 12.5. The normalized spacial score (nSPS) is 13.4. The highest BCUT2D eigenvalue weighted by Gasteiger charge is 2.32. The Balaban J connectivity index is 5.21. The van der Waals surface area contributed by atoms with Crippen LogP contribution >= 0.6 is 0 Å². The standard InChI is InChI=1S/C16H30N4O5/c1-9(2)5-11(17)15(24)20(8-13(21)19-7-14(22)23)16(25)12(18)6-10(3)4/h9-12H,5-8,17-18H2,1-4H3,(H,19,21)(H,22,23)/t11-,12-/m0/s1. The number of carboxylic acid groups (broad SMARTS) is 1. The Kier molecular flexibility index (Phi) is 9.92. The number of aliphatic carboxylic acids is 1. The summed E-state index contributed by atoms with van der Waals surface area (Å²) < 4.78 is 0. The van der Waals surface area contributed by atoms with Gasteiger partial charge in [-0.2, -0.15) is 0 Å². The molecule has 0 fully saturated rings. The van der Waals surface area contributed by atoms with Crippen LogP contribution in [0.1, 0.15) is 40.5 Å². The Hall–Kier alpha value is -2.00. The van der Waals surface area contributed by atoms with E-state index < -0.39 is 48.9 Å². The number of carbonyl (C=O) groups excluding carboxylic acids is 3. The van der Waals surface area contributed by atoms with Crippen LogP contribution in [0.2, 0.25) is 0 Å². The van der Waals surface area contributed by atoms with Gasteiger partial charge in [0, 0.05) is 0 Å². The number of carbonyl (C=O) groups is 4. The Morgan fingerprint density at radius 2 is 1.32 bits per heavy atom. The van der Waals surface area contributed by atoms with Gasteiger partial charge in [0.1, 0.15) is 13.1 Å². The number of hydrogen-bond acceptors (Lipinski definition) is 6. The van der Waals surface area contributed by atoms with Crippen molar-refractivity contribution in [3.05, 3.63) is 0 Å². The van der Waals surface area contributed by atoms with E-state index in [0.29, 0.717) is 12.8 Å². The van der Waals surface area contributed by atoms with Crippen LogP contribution in [-0.4, -0.2) is 58.9 Å². The molecule has 0 saturated carbocycles. The summed E-state index contributed by atoms with van der Waals surface area (Å²) in [5, 5.41) is 10.7. The van der Waals surface area contributed by atoms with E-state index in [4.69, 9.17) is 16.6 Å². The first-order valence-corrected chi connectivity index (χ1v) is 8.30. The molecule has 2 atom stereocenters. The largest absolute Gasteiger partial charge is 0.480 e. The van der Waals surface area contributed by atoms with E-state index in [1.54, 1.807) is 0 Å². The molecule has 9 heteroatoms. The van der Waals surface area contributed by atoms with Gasteiger partial charge in [-0.25, -0.2) is 0 Å². The van der Waals surface area contributed by atoms with Crippen molar-refractivity contribution in [2.24, 2.45) is 23.3 Å². The molecule has 0 aromatic carbocycles. The van der Waals surface area contributed by atoms with Gasteiger partial charge in [-0.15, -0.1) is 0 Å². The molecule has 0 bridgehead atoms. The van der Waals surface area contributed by atoms with Gasteiger partial charge in [-0.05, 0) is 24.7 Å². The zero-order valence-electron chi connectivity index (χ0n) is 15.3. The first-order valence-electron chi connectivity index (χ1n) is 8.30. The van der Waals surface area contributed by atoms with Crippen LogP contribution in [0.3, 0.4) is 0 Å².